The molecule has 5 rings (SSSR count). The molecule has 0 fully saturated rings. The molecule has 0 radical (unpaired) electrons. The molecule has 0 bridgehead atoms. The molecule has 1 aromatic heterocycles. The highest BCUT2D eigenvalue weighted by molar-refractivity contribution is 6.30. The van der Waals surface area contributed by atoms with Crippen molar-refractivity contribution in [2.24, 2.45) is 0 Å². The topological polar surface area (TPSA) is 42.2 Å². The fourth-order valence-corrected chi connectivity index (χ4v) is 3.91. The predicted octanol–water partition coefficient (Wildman–Crippen LogP) is 5.68. The number of para-hydroxylation sites is 1. The maximum absolute atomic E-state index is 12.9. The molecule has 4 heteroatoms. The molecule has 0 amide bonds. The predicted molar refractivity (Wildman–Crippen MR) is 105 cm³/mol. The van der Waals surface area contributed by atoms with Crippen molar-refractivity contribution in [3.05, 3.63) is 105 Å². The van der Waals surface area contributed by atoms with Gasteiger partial charge in [0.05, 0.1) is 11.3 Å². The van der Waals surface area contributed by atoms with E-state index < -0.39 is 0 Å². The molecule has 26 heavy (non-hydrogen) atoms. The van der Waals surface area contributed by atoms with E-state index in [-0.39, 0.29) is 11.5 Å². The van der Waals surface area contributed by atoms with Gasteiger partial charge < -0.3 is 9.73 Å². The second-order valence-electron chi connectivity index (χ2n) is 6.37. The van der Waals surface area contributed by atoms with Crippen LogP contribution in [-0.4, -0.2) is 0 Å². The molecule has 0 saturated heterocycles. The standard InChI is InChI=1S/C22H14ClNO2/c23-14-10-11-17-16(12-14)19(13-6-2-1-3-7-13)20-21(24-17)15-8-4-5-9-18(15)26-22(20)25/h1-12,19,24H. The van der Waals surface area contributed by atoms with Gasteiger partial charge in [-0.3, -0.25) is 0 Å². The van der Waals surface area contributed by atoms with Gasteiger partial charge in [-0.1, -0.05) is 54.1 Å². The Balaban J connectivity index is 1.90. The Labute approximate surface area is 154 Å². The molecule has 1 N–H and O–H groups in total. The highest BCUT2D eigenvalue weighted by Crippen LogP contribution is 2.46. The van der Waals surface area contributed by atoms with Gasteiger partial charge >= 0.3 is 5.63 Å². The largest absolute Gasteiger partial charge is 0.422 e. The molecule has 1 atom stereocenters. The van der Waals surface area contributed by atoms with Crippen LogP contribution in [0.5, 0.6) is 0 Å². The summed E-state index contributed by atoms with van der Waals surface area (Å²) in [5.41, 5.74) is 4.62. The number of rotatable bonds is 1. The molecule has 0 aliphatic carbocycles. The zero-order valence-electron chi connectivity index (χ0n) is 13.7. The smallest absolute Gasteiger partial charge is 0.342 e. The number of halogens is 1. The average Bonchev–Trinajstić information content (AvgIpc) is 2.67. The second-order valence-corrected chi connectivity index (χ2v) is 6.81. The number of benzene rings is 3. The second kappa shape index (κ2) is 5.75. The summed E-state index contributed by atoms with van der Waals surface area (Å²) < 4.78 is 5.63. The first-order valence-corrected chi connectivity index (χ1v) is 8.77. The van der Waals surface area contributed by atoms with Gasteiger partial charge in [0.1, 0.15) is 5.58 Å². The van der Waals surface area contributed by atoms with Crippen molar-refractivity contribution in [3.8, 4) is 0 Å². The Bertz CT molecular complexity index is 1200. The van der Waals surface area contributed by atoms with Gasteiger partial charge in [0, 0.05) is 22.0 Å². The van der Waals surface area contributed by atoms with Crippen molar-refractivity contribution in [2.75, 3.05) is 5.32 Å². The van der Waals surface area contributed by atoms with Gasteiger partial charge in [-0.15, -0.1) is 0 Å². The van der Waals surface area contributed by atoms with E-state index in [2.05, 4.69) is 5.32 Å². The summed E-state index contributed by atoms with van der Waals surface area (Å²) in [4.78, 5) is 12.9. The van der Waals surface area contributed by atoms with E-state index in [9.17, 15) is 4.79 Å². The maximum Gasteiger partial charge on any atom is 0.342 e. The van der Waals surface area contributed by atoms with Crippen molar-refractivity contribution in [1.29, 1.82) is 0 Å². The van der Waals surface area contributed by atoms with Crippen molar-refractivity contribution >= 4 is 33.9 Å². The summed E-state index contributed by atoms with van der Waals surface area (Å²) in [6.45, 7) is 0. The minimum absolute atomic E-state index is 0.234. The zero-order valence-corrected chi connectivity index (χ0v) is 14.5. The Morgan fingerprint density at radius 2 is 1.69 bits per heavy atom. The van der Waals surface area contributed by atoms with Crippen LogP contribution >= 0.6 is 11.6 Å². The molecule has 1 aliphatic rings. The summed E-state index contributed by atoms with van der Waals surface area (Å²) in [6, 6.07) is 23.3. The summed E-state index contributed by atoms with van der Waals surface area (Å²) in [5, 5.41) is 4.96. The van der Waals surface area contributed by atoms with Crippen LogP contribution in [0.1, 0.15) is 22.6 Å². The lowest BCUT2D eigenvalue weighted by Crippen LogP contribution is -2.22. The van der Waals surface area contributed by atoms with Crippen LogP contribution in [0.2, 0.25) is 5.02 Å². The van der Waals surface area contributed by atoms with Crippen LogP contribution < -0.4 is 10.9 Å². The highest BCUT2D eigenvalue weighted by atomic mass is 35.5. The van der Waals surface area contributed by atoms with E-state index in [0.29, 0.717) is 16.2 Å². The molecule has 0 saturated carbocycles. The number of anilines is 2. The highest BCUT2D eigenvalue weighted by Gasteiger charge is 2.32. The van der Waals surface area contributed by atoms with Gasteiger partial charge in [-0.05, 0) is 41.5 Å². The summed E-state index contributed by atoms with van der Waals surface area (Å²) in [5.74, 6) is -0.234. The van der Waals surface area contributed by atoms with Crippen molar-refractivity contribution in [1.82, 2.24) is 0 Å². The number of nitrogens with one attached hydrogen (secondary N) is 1. The Hall–Kier alpha value is -3.04. The molecule has 1 unspecified atom stereocenters. The third-order valence-electron chi connectivity index (χ3n) is 4.85. The van der Waals surface area contributed by atoms with E-state index in [0.717, 1.165) is 27.9 Å². The molecule has 1 aliphatic heterocycles. The van der Waals surface area contributed by atoms with Gasteiger partial charge in [-0.25, -0.2) is 4.79 Å². The normalized spacial score (nSPS) is 15.2. The Morgan fingerprint density at radius 3 is 2.54 bits per heavy atom. The van der Waals surface area contributed by atoms with Crippen LogP contribution in [0.3, 0.4) is 0 Å². The lowest BCUT2D eigenvalue weighted by Gasteiger charge is -2.29. The molecule has 0 spiro atoms. The van der Waals surface area contributed by atoms with Gasteiger partial charge in [0.2, 0.25) is 0 Å². The maximum atomic E-state index is 12.9. The number of hydrogen-bond acceptors (Lipinski definition) is 3. The van der Waals surface area contributed by atoms with E-state index in [4.69, 9.17) is 16.0 Å². The SMILES string of the molecule is O=c1oc2ccccc2c2c1C(c1ccccc1)c1cc(Cl)ccc1N2. The third kappa shape index (κ3) is 2.25. The van der Waals surface area contributed by atoms with E-state index in [1.807, 2.05) is 72.8 Å². The van der Waals surface area contributed by atoms with Gasteiger partial charge in [0.15, 0.2) is 0 Å². The summed E-state index contributed by atoms with van der Waals surface area (Å²) in [7, 11) is 0. The lowest BCUT2D eigenvalue weighted by atomic mass is 9.81. The Morgan fingerprint density at radius 1 is 0.923 bits per heavy atom. The number of fused-ring (bicyclic) bond motifs is 4. The Kier molecular flexibility index (Phi) is 3.37. The zero-order chi connectivity index (χ0) is 17.7. The van der Waals surface area contributed by atoms with E-state index in [1.54, 1.807) is 0 Å². The molecular weight excluding hydrogens is 346 g/mol. The molecular formula is C22H14ClNO2. The minimum atomic E-state index is -0.328. The minimum Gasteiger partial charge on any atom is -0.422 e. The van der Waals surface area contributed by atoms with Crippen molar-refractivity contribution in [2.45, 2.75) is 5.92 Å². The van der Waals surface area contributed by atoms with Crippen molar-refractivity contribution < 1.29 is 4.42 Å². The van der Waals surface area contributed by atoms with Crippen LogP contribution in [0.4, 0.5) is 11.4 Å². The monoisotopic (exact) mass is 359 g/mol. The average molecular weight is 360 g/mol. The fraction of sp³-hybridized carbons (Fsp3) is 0.0455. The van der Waals surface area contributed by atoms with Crippen LogP contribution in [0.15, 0.2) is 82.0 Å². The quantitative estimate of drug-likeness (QED) is 0.391. The van der Waals surface area contributed by atoms with Gasteiger partial charge in [0.25, 0.3) is 0 Å². The first-order valence-electron chi connectivity index (χ1n) is 8.39. The fourth-order valence-electron chi connectivity index (χ4n) is 3.73. The van der Waals surface area contributed by atoms with Crippen LogP contribution in [-0.2, 0) is 0 Å². The lowest BCUT2D eigenvalue weighted by molar-refractivity contribution is 0.549. The molecule has 126 valence electrons. The van der Waals surface area contributed by atoms with Crippen LogP contribution in [0, 0.1) is 0 Å². The van der Waals surface area contributed by atoms with E-state index >= 15 is 0 Å². The number of hydrogen-bond donors (Lipinski definition) is 1. The van der Waals surface area contributed by atoms with Crippen molar-refractivity contribution in [3.63, 3.8) is 0 Å². The molecule has 4 aromatic rings. The third-order valence-corrected chi connectivity index (χ3v) is 5.09. The van der Waals surface area contributed by atoms with Crippen LogP contribution in [0.25, 0.3) is 11.0 Å². The molecule has 3 aromatic carbocycles. The van der Waals surface area contributed by atoms with Gasteiger partial charge in [-0.2, -0.15) is 0 Å². The van der Waals surface area contributed by atoms with E-state index in [1.165, 1.54) is 0 Å². The summed E-state index contributed by atoms with van der Waals surface area (Å²) in [6.07, 6.45) is 0. The summed E-state index contributed by atoms with van der Waals surface area (Å²) >= 11 is 6.26. The molecule has 3 nitrogen and oxygen atoms in total. The first kappa shape index (κ1) is 15.2. The first-order chi connectivity index (χ1) is 12.7. The molecule has 2 heterocycles.